The molecule has 3 aromatic rings. The molecule has 2 amide bonds. The van der Waals surface area contributed by atoms with E-state index in [1.165, 1.54) is 17.8 Å². The third-order valence-electron chi connectivity index (χ3n) is 3.89. The zero-order chi connectivity index (χ0) is 19.2. The highest BCUT2D eigenvalue weighted by atomic mass is 32.2. The van der Waals surface area contributed by atoms with Gasteiger partial charge in [-0.3, -0.25) is 14.7 Å². The van der Waals surface area contributed by atoms with E-state index in [0.717, 1.165) is 20.7 Å². The van der Waals surface area contributed by atoms with Crippen LogP contribution in [0.2, 0.25) is 0 Å². The van der Waals surface area contributed by atoms with Gasteiger partial charge in [0.1, 0.15) is 0 Å². The quantitative estimate of drug-likeness (QED) is 0.573. The van der Waals surface area contributed by atoms with Crippen molar-refractivity contribution < 1.29 is 9.59 Å². The van der Waals surface area contributed by atoms with Gasteiger partial charge in [-0.2, -0.15) is 5.10 Å². The van der Waals surface area contributed by atoms with E-state index in [1.807, 2.05) is 43.3 Å². The summed E-state index contributed by atoms with van der Waals surface area (Å²) >= 11 is 1.52. The number of carbonyl (C=O) groups excluding carboxylic acids is 2. The van der Waals surface area contributed by atoms with Crippen molar-refractivity contribution in [3.05, 3.63) is 59.8 Å². The van der Waals surface area contributed by atoms with Crippen LogP contribution in [0.4, 0.5) is 0 Å². The smallest absolute Gasteiger partial charge is 0.252 e. The summed E-state index contributed by atoms with van der Waals surface area (Å²) in [4.78, 5) is 25.5. The summed E-state index contributed by atoms with van der Waals surface area (Å²) < 4.78 is 0. The molecule has 2 aromatic carbocycles. The van der Waals surface area contributed by atoms with E-state index >= 15 is 0 Å². The van der Waals surface area contributed by atoms with Crippen molar-refractivity contribution in [3.8, 4) is 0 Å². The fourth-order valence-corrected chi connectivity index (χ4v) is 3.59. The van der Waals surface area contributed by atoms with Crippen LogP contribution in [0.5, 0.6) is 0 Å². The van der Waals surface area contributed by atoms with Crippen molar-refractivity contribution in [2.24, 2.45) is 0 Å². The van der Waals surface area contributed by atoms with Gasteiger partial charge in [0.15, 0.2) is 0 Å². The van der Waals surface area contributed by atoms with E-state index in [0.29, 0.717) is 17.8 Å². The molecule has 0 unspecified atom stereocenters. The first-order valence-electron chi connectivity index (χ1n) is 8.55. The second kappa shape index (κ2) is 8.55. The van der Waals surface area contributed by atoms with Crippen molar-refractivity contribution in [2.75, 3.05) is 13.6 Å². The van der Waals surface area contributed by atoms with Crippen molar-refractivity contribution in [1.82, 2.24) is 20.8 Å². The molecule has 7 heteroatoms. The topological polar surface area (TPSA) is 86.9 Å². The molecule has 0 spiro atoms. The number of aromatic nitrogens is 2. The summed E-state index contributed by atoms with van der Waals surface area (Å²) in [6, 6.07) is 13.4. The summed E-state index contributed by atoms with van der Waals surface area (Å²) in [5.74, 6) is -0.259. The Kier molecular flexibility index (Phi) is 5.93. The van der Waals surface area contributed by atoms with Crippen LogP contribution < -0.4 is 10.6 Å². The molecule has 0 aliphatic carbocycles. The van der Waals surface area contributed by atoms with Gasteiger partial charge < -0.3 is 10.6 Å². The number of nitrogens with one attached hydrogen (secondary N) is 3. The first-order valence-corrected chi connectivity index (χ1v) is 9.37. The molecule has 1 aromatic heterocycles. The molecule has 0 saturated carbocycles. The van der Waals surface area contributed by atoms with E-state index in [4.69, 9.17) is 0 Å². The zero-order valence-electron chi connectivity index (χ0n) is 15.1. The Labute approximate surface area is 161 Å². The highest BCUT2D eigenvalue weighted by Crippen LogP contribution is 2.32. The van der Waals surface area contributed by atoms with Gasteiger partial charge in [0.25, 0.3) is 5.91 Å². The molecule has 0 fully saturated rings. The average molecular weight is 380 g/mol. The maximum absolute atomic E-state index is 12.0. The van der Waals surface area contributed by atoms with Crippen LogP contribution in [0.15, 0.2) is 58.3 Å². The van der Waals surface area contributed by atoms with E-state index in [2.05, 4.69) is 20.8 Å². The summed E-state index contributed by atoms with van der Waals surface area (Å²) in [5.41, 5.74) is 2.21. The van der Waals surface area contributed by atoms with Crippen molar-refractivity contribution in [2.45, 2.75) is 16.7 Å². The maximum Gasteiger partial charge on any atom is 0.252 e. The third kappa shape index (κ3) is 4.38. The lowest BCUT2D eigenvalue weighted by atomic mass is 10.2. The lowest BCUT2D eigenvalue weighted by Crippen LogP contribution is -2.19. The van der Waals surface area contributed by atoms with Gasteiger partial charge in [0.2, 0.25) is 5.91 Å². The fraction of sp³-hybridized carbons (Fsp3) is 0.150. The summed E-state index contributed by atoms with van der Waals surface area (Å²) in [6.45, 7) is 2.46. The molecule has 1 heterocycles. The maximum atomic E-state index is 12.0. The number of nitrogens with zero attached hydrogens (tertiary/aromatic N) is 1. The molecule has 0 atom stereocenters. The molecule has 0 aliphatic rings. The normalized spacial score (nSPS) is 11.0. The minimum atomic E-state index is -0.147. The van der Waals surface area contributed by atoms with Crippen LogP contribution >= 0.6 is 11.8 Å². The number of H-pyrrole nitrogens is 1. The average Bonchev–Trinajstić information content (AvgIpc) is 3.08. The lowest BCUT2D eigenvalue weighted by Gasteiger charge is -2.08. The van der Waals surface area contributed by atoms with Crippen molar-refractivity contribution in [1.29, 1.82) is 0 Å². The Hall–Kier alpha value is -3.06. The van der Waals surface area contributed by atoms with Gasteiger partial charge in [-0.1, -0.05) is 23.9 Å². The Morgan fingerprint density at radius 1 is 1.22 bits per heavy atom. The largest absolute Gasteiger partial charge is 0.355 e. The number of benzene rings is 2. The molecule has 138 valence electrons. The lowest BCUT2D eigenvalue weighted by molar-refractivity contribution is -0.116. The highest BCUT2D eigenvalue weighted by Gasteiger charge is 2.11. The SMILES string of the molecule is CCNC(=O)/C=C/c1n[nH]c2cc(Sc3ccccc3C(=O)NC)ccc12. The molecule has 3 N–H and O–H groups in total. The first-order chi connectivity index (χ1) is 13.1. The van der Waals surface area contributed by atoms with Gasteiger partial charge >= 0.3 is 0 Å². The van der Waals surface area contributed by atoms with Crippen LogP contribution in [0, 0.1) is 0 Å². The molecule has 0 bridgehead atoms. The molecular weight excluding hydrogens is 360 g/mol. The molecule has 3 rings (SSSR count). The number of rotatable bonds is 6. The Bertz CT molecular complexity index is 1010. The number of amides is 2. The highest BCUT2D eigenvalue weighted by molar-refractivity contribution is 7.99. The van der Waals surface area contributed by atoms with Crippen molar-refractivity contribution in [3.63, 3.8) is 0 Å². The third-order valence-corrected chi connectivity index (χ3v) is 4.96. The Morgan fingerprint density at radius 3 is 2.81 bits per heavy atom. The monoisotopic (exact) mass is 380 g/mol. The summed E-state index contributed by atoms with van der Waals surface area (Å²) in [5, 5.41) is 13.6. The fourth-order valence-electron chi connectivity index (χ4n) is 2.60. The summed E-state index contributed by atoms with van der Waals surface area (Å²) in [6.07, 6.45) is 3.17. The predicted octanol–water partition coefficient (Wildman–Crippen LogP) is 3.22. The van der Waals surface area contributed by atoms with Crippen LogP contribution in [-0.4, -0.2) is 35.6 Å². The number of fused-ring (bicyclic) bond motifs is 1. The van der Waals surface area contributed by atoms with Crippen LogP contribution in [0.1, 0.15) is 23.0 Å². The van der Waals surface area contributed by atoms with Crippen LogP contribution in [0.3, 0.4) is 0 Å². The Morgan fingerprint density at radius 2 is 2.04 bits per heavy atom. The van der Waals surface area contributed by atoms with Gasteiger partial charge in [0.05, 0.1) is 16.8 Å². The van der Waals surface area contributed by atoms with Gasteiger partial charge in [-0.15, -0.1) is 0 Å². The van der Waals surface area contributed by atoms with Gasteiger partial charge in [-0.05, 0) is 43.3 Å². The minimum Gasteiger partial charge on any atom is -0.355 e. The number of hydrogen-bond acceptors (Lipinski definition) is 4. The standard InChI is InChI=1S/C20H20N4O2S/c1-3-22-19(25)11-10-16-14-9-8-13(12-17(14)24-23-16)27-18-7-5-4-6-15(18)20(26)21-2/h4-12H,3H2,1-2H3,(H,21,26)(H,22,25)(H,23,24)/b11-10+. The van der Waals surface area contributed by atoms with E-state index < -0.39 is 0 Å². The molecule has 0 saturated heterocycles. The molecular formula is C20H20N4O2S. The number of carbonyl (C=O) groups is 2. The number of hydrogen-bond donors (Lipinski definition) is 3. The van der Waals surface area contributed by atoms with E-state index in [-0.39, 0.29) is 11.8 Å². The second-order valence-electron chi connectivity index (χ2n) is 5.72. The molecule has 27 heavy (non-hydrogen) atoms. The van der Waals surface area contributed by atoms with Crippen LogP contribution in [-0.2, 0) is 4.79 Å². The van der Waals surface area contributed by atoms with Crippen LogP contribution in [0.25, 0.3) is 17.0 Å². The summed E-state index contributed by atoms with van der Waals surface area (Å²) in [7, 11) is 1.62. The van der Waals surface area contributed by atoms with E-state index in [1.54, 1.807) is 19.2 Å². The minimum absolute atomic E-state index is 0.113. The van der Waals surface area contributed by atoms with Gasteiger partial charge in [0, 0.05) is 34.8 Å². The first kappa shape index (κ1) is 18.7. The predicted molar refractivity (Wildman–Crippen MR) is 108 cm³/mol. The molecule has 6 nitrogen and oxygen atoms in total. The van der Waals surface area contributed by atoms with Crippen molar-refractivity contribution >= 4 is 40.6 Å². The second-order valence-corrected chi connectivity index (χ2v) is 6.84. The number of aromatic amines is 1. The number of likely N-dealkylation sites (N-methyl/N-ethyl adjacent to an activating group) is 1. The Balaban J connectivity index is 1.85. The molecule has 0 aliphatic heterocycles. The van der Waals surface area contributed by atoms with E-state index in [9.17, 15) is 9.59 Å². The molecule has 0 radical (unpaired) electrons. The van der Waals surface area contributed by atoms with Gasteiger partial charge in [-0.25, -0.2) is 0 Å². The zero-order valence-corrected chi connectivity index (χ0v) is 15.9.